The number of likely N-dealkylation sites (N-methyl/N-ethyl adjacent to an activating group) is 1. The first-order valence-electron chi connectivity index (χ1n) is 5.77. The molecule has 0 radical (unpaired) electrons. The van der Waals surface area contributed by atoms with E-state index in [-0.39, 0.29) is 6.03 Å². The standard InChI is InChI=1S/C13H18N2O3/c1-4-11(12(16)17)15(3)13(18)14(2)10-8-6-5-7-9-10/h5-9,11H,4H2,1-3H3,(H,16,17). The van der Waals surface area contributed by atoms with Crippen LogP contribution in [-0.2, 0) is 4.79 Å². The maximum absolute atomic E-state index is 12.1. The van der Waals surface area contributed by atoms with Crippen LogP contribution in [0.15, 0.2) is 30.3 Å². The lowest BCUT2D eigenvalue weighted by molar-refractivity contribution is -0.141. The van der Waals surface area contributed by atoms with Crippen LogP contribution in [0.3, 0.4) is 0 Å². The molecule has 98 valence electrons. The number of aliphatic carboxylic acids is 1. The highest BCUT2D eigenvalue weighted by atomic mass is 16.4. The molecule has 0 aliphatic carbocycles. The van der Waals surface area contributed by atoms with Crippen molar-refractivity contribution in [3.8, 4) is 0 Å². The number of rotatable bonds is 4. The van der Waals surface area contributed by atoms with Crippen LogP contribution in [0.1, 0.15) is 13.3 Å². The van der Waals surface area contributed by atoms with Crippen molar-refractivity contribution in [1.82, 2.24) is 4.90 Å². The van der Waals surface area contributed by atoms with Crippen molar-refractivity contribution >= 4 is 17.7 Å². The first-order chi connectivity index (χ1) is 8.49. The van der Waals surface area contributed by atoms with Crippen LogP contribution in [0.2, 0.25) is 0 Å². The Labute approximate surface area is 107 Å². The van der Waals surface area contributed by atoms with E-state index in [0.29, 0.717) is 6.42 Å². The Hall–Kier alpha value is -2.04. The molecule has 0 aromatic heterocycles. The molecule has 0 saturated heterocycles. The van der Waals surface area contributed by atoms with E-state index >= 15 is 0 Å². The zero-order chi connectivity index (χ0) is 13.7. The van der Waals surface area contributed by atoms with Crippen molar-refractivity contribution in [2.75, 3.05) is 19.0 Å². The molecule has 2 amide bonds. The normalized spacial score (nSPS) is 11.7. The van der Waals surface area contributed by atoms with Crippen LogP contribution in [0, 0.1) is 0 Å². The van der Waals surface area contributed by atoms with Crippen molar-refractivity contribution in [2.24, 2.45) is 0 Å². The van der Waals surface area contributed by atoms with Gasteiger partial charge in [-0.15, -0.1) is 0 Å². The monoisotopic (exact) mass is 250 g/mol. The van der Waals surface area contributed by atoms with Crippen molar-refractivity contribution < 1.29 is 14.7 Å². The average molecular weight is 250 g/mol. The number of carbonyl (C=O) groups is 2. The Morgan fingerprint density at radius 1 is 1.22 bits per heavy atom. The van der Waals surface area contributed by atoms with E-state index < -0.39 is 12.0 Å². The van der Waals surface area contributed by atoms with Gasteiger partial charge < -0.3 is 10.0 Å². The topological polar surface area (TPSA) is 60.9 Å². The van der Waals surface area contributed by atoms with E-state index in [0.717, 1.165) is 5.69 Å². The maximum Gasteiger partial charge on any atom is 0.326 e. The van der Waals surface area contributed by atoms with Crippen LogP contribution in [0.4, 0.5) is 10.5 Å². The molecule has 0 spiro atoms. The Kier molecular flexibility index (Phi) is 4.71. The molecular weight excluding hydrogens is 232 g/mol. The second-order valence-corrected chi connectivity index (χ2v) is 4.05. The molecule has 1 rings (SSSR count). The molecule has 0 heterocycles. The second kappa shape index (κ2) is 6.05. The fourth-order valence-corrected chi connectivity index (χ4v) is 1.75. The average Bonchev–Trinajstić information content (AvgIpc) is 2.38. The fourth-order valence-electron chi connectivity index (χ4n) is 1.75. The second-order valence-electron chi connectivity index (χ2n) is 4.05. The molecule has 5 nitrogen and oxygen atoms in total. The fraction of sp³-hybridized carbons (Fsp3) is 0.385. The van der Waals surface area contributed by atoms with E-state index in [1.54, 1.807) is 26.1 Å². The van der Waals surface area contributed by atoms with Gasteiger partial charge in [0.25, 0.3) is 0 Å². The number of carboxylic acid groups (broad SMARTS) is 1. The number of para-hydroxylation sites is 1. The third-order valence-electron chi connectivity index (χ3n) is 2.87. The highest BCUT2D eigenvalue weighted by Gasteiger charge is 2.27. The number of carbonyl (C=O) groups excluding carboxylic acids is 1. The van der Waals surface area contributed by atoms with E-state index in [2.05, 4.69) is 0 Å². The summed E-state index contributed by atoms with van der Waals surface area (Å²) in [7, 11) is 3.13. The van der Waals surface area contributed by atoms with Crippen LogP contribution in [0.5, 0.6) is 0 Å². The van der Waals surface area contributed by atoms with Crippen LogP contribution in [-0.4, -0.2) is 42.1 Å². The number of amides is 2. The van der Waals surface area contributed by atoms with Gasteiger partial charge in [-0.1, -0.05) is 25.1 Å². The molecule has 1 unspecified atom stereocenters. The molecule has 0 aliphatic rings. The van der Waals surface area contributed by atoms with Gasteiger partial charge in [-0.3, -0.25) is 4.90 Å². The summed E-state index contributed by atoms with van der Waals surface area (Å²) >= 11 is 0. The van der Waals surface area contributed by atoms with Gasteiger partial charge in [0.2, 0.25) is 0 Å². The van der Waals surface area contributed by atoms with Crippen molar-refractivity contribution in [2.45, 2.75) is 19.4 Å². The number of hydrogen-bond donors (Lipinski definition) is 1. The van der Waals surface area contributed by atoms with Crippen molar-refractivity contribution in [3.63, 3.8) is 0 Å². The Morgan fingerprint density at radius 2 is 1.78 bits per heavy atom. The highest BCUT2D eigenvalue weighted by molar-refractivity contribution is 5.93. The predicted octanol–water partition coefficient (Wildman–Crippen LogP) is 2.04. The predicted molar refractivity (Wildman–Crippen MR) is 69.7 cm³/mol. The number of urea groups is 1. The Balaban J connectivity index is 2.84. The lowest BCUT2D eigenvalue weighted by Gasteiger charge is -2.28. The molecule has 1 atom stereocenters. The zero-order valence-electron chi connectivity index (χ0n) is 10.8. The number of benzene rings is 1. The van der Waals surface area contributed by atoms with E-state index in [1.807, 2.05) is 18.2 Å². The highest BCUT2D eigenvalue weighted by Crippen LogP contribution is 2.14. The summed E-state index contributed by atoms with van der Waals surface area (Å²) in [5.74, 6) is -0.991. The van der Waals surface area contributed by atoms with E-state index in [4.69, 9.17) is 5.11 Å². The maximum atomic E-state index is 12.1. The first kappa shape index (κ1) is 14.0. The van der Waals surface area contributed by atoms with Gasteiger partial charge in [-0.2, -0.15) is 0 Å². The first-order valence-corrected chi connectivity index (χ1v) is 5.77. The molecule has 1 aromatic rings. The quantitative estimate of drug-likeness (QED) is 0.889. The van der Waals surface area contributed by atoms with Crippen LogP contribution < -0.4 is 4.90 Å². The Morgan fingerprint density at radius 3 is 2.22 bits per heavy atom. The SMILES string of the molecule is CCC(C(=O)O)N(C)C(=O)N(C)c1ccccc1. The number of carboxylic acids is 1. The van der Waals surface area contributed by atoms with Crippen LogP contribution in [0.25, 0.3) is 0 Å². The van der Waals surface area contributed by atoms with Gasteiger partial charge in [0.05, 0.1) is 0 Å². The summed E-state index contributed by atoms with van der Waals surface area (Å²) in [5.41, 5.74) is 0.731. The van der Waals surface area contributed by atoms with E-state index in [1.165, 1.54) is 16.8 Å². The molecule has 0 aliphatic heterocycles. The molecule has 0 fully saturated rings. The summed E-state index contributed by atoms with van der Waals surface area (Å²) in [6, 6.07) is 7.97. The summed E-state index contributed by atoms with van der Waals surface area (Å²) in [5, 5.41) is 9.03. The van der Waals surface area contributed by atoms with Crippen LogP contribution >= 0.6 is 0 Å². The van der Waals surface area contributed by atoms with Crippen molar-refractivity contribution in [1.29, 1.82) is 0 Å². The van der Waals surface area contributed by atoms with Gasteiger partial charge in [-0.05, 0) is 18.6 Å². The van der Waals surface area contributed by atoms with Crippen molar-refractivity contribution in [3.05, 3.63) is 30.3 Å². The lowest BCUT2D eigenvalue weighted by atomic mass is 10.2. The van der Waals surface area contributed by atoms with Gasteiger partial charge in [0.15, 0.2) is 0 Å². The number of nitrogens with zero attached hydrogens (tertiary/aromatic N) is 2. The number of anilines is 1. The molecule has 5 heteroatoms. The third kappa shape index (κ3) is 3.00. The van der Waals surface area contributed by atoms with Gasteiger partial charge in [0, 0.05) is 19.8 Å². The Bertz CT molecular complexity index is 420. The van der Waals surface area contributed by atoms with Gasteiger partial charge >= 0.3 is 12.0 Å². The third-order valence-corrected chi connectivity index (χ3v) is 2.87. The van der Waals surface area contributed by atoms with E-state index in [9.17, 15) is 9.59 Å². The van der Waals surface area contributed by atoms with Gasteiger partial charge in [0.1, 0.15) is 6.04 Å². The molecule has 1 N–H and O–H groups in total. The minimum atomic E-state index is -0.991. The number of hydrogen-bond acceptors (Lipinski definition) is 2. The minimum Gasteiger partial charge on any atom is -0.480 e. The zero-order valence-corrected chi connectivity index (χ0v) is 10.8. The summed E-state index contributed by atoms with van der Waals surface area (Å²) in [4.78, 5) is 25.8. The minimum absolute atomic E-state index is 0.338. The lowest BCUT2D eigenvalue weighted by Crippen LogP contribution is -2.47. The molecular formula is C13H18N2O3. The molecule has 0 bridgehead atoms. The molecule has 0 saturated carbocycles. The smallest absolute Gasteiger partial charge is 0.326 e. The molecule has 1 aromatic carbocycles. The molecule has 18 heavy (non-hydrogen) atoms. The summed E-state index contributed by atoms with van der Waals surface area (Å²) in [6.07, 6.45) is 0.375. The van der Waals surface area contributed by atoms with Gasteiger partial charge in [-0.25, -0.2) is 9.59 Å². The summed E-state index contributed by atoms with van der Waals surface area (Å²) < 4.78 is 0. The largest absolute Gasteiger partial charge is 0.480 e. The summed E-state index contributed by atoms with van der Waals surface area (Å²) in [6.45, 7) is 1.74.